The number of carbonyl (C=O) groups excluding carboxylic acids is 1. The van der Waals surface area contributed by atoms with Crippen LogP contribution in [0.2, 0.25) is 0 Å². The van der Waals surface area contributed by atoms with Crippen molar-refractivity contribution >= 4 is 17.7 Å². The Bertz CT molecular complexity index is 985. The third kappa shape index (κ3) is 4.59. The summed E-state index contributed by atoms with van der Waals surface area (Å²) in [4.78, 5) is 14.3. The fraction of sp³-hybridized carbons (Fsp3) is 0.286. The number of halogens is 1. The van der Waals surface area contributed by atoms with Gasteiger partial charge in [-0.1, -0.05) is 35.5 Å². The van der Waals surface area contributed by atoms with Crippen LogP contribution in [0.1, 0.15) is 16.7 Å². The van der Waals surface area contributed by atoms with E-state index < -0.39 is 0 Å². The van der Waals surface area contributed by atoms with Gasteiger partial charge in [0.15, 0.2) is 11.0 Å². The second-order valence-corrected chi connectivity index (χ2v) is 7.78. The fourth-order valence-corrected chi connectivity index (χ4v) is 3.75. The van der Waals surface area contributed by atoms with E-state index in [1.807, 2.05) is 18.7 Å². The lowest BCUT2D eigenvalue weighted by molar-refractivity contribution is -0.127. The molecule has 0 saturated heterocycles. The summed E-state index contributed by atoms with van der Waals surface area (Å²) in [6.07, 6.45) is 0. The van der Waals surface area contributed by atoms with Crippen molar-refractivity contribution in [3.05, 3.63) is 65.0 Å². The number of aryl methyl sites for hydroxylation is 2. The minimum Gasteiger partial charge on any atom is -0.341 e. The summed E-state index contributed by atoms with van der Waals surface area (Å²) < 4.78 is 14.9. The highest BCUT2D eigenvalue weighted by Crippen LogP contribution is 2.23. The Morgan fingerprint density at radius 2 is 1.86 bits per heavy atom. The summed E-state index contributed by atoms with van der Waals surface area (Å²) >= 11 is 1.34. The number of benzene rings is 2. The van der Waals surface area contributed by atoms with Crippen LogP contribution in [0.25, 0.3) is 11.4 Å². The van der Waals surface area contributed by atoms with E-state index in [-0.39, 0.29) is 17.5 Å². The molecule has 3 aromatic rings. The van der Waals surface area contributed by atoms with E-state index in [0.717, 1.165) is 11.1 Å². The Balaban J connectivity index is 1.62. The number of hydrogen-bond donors (Lipinski definition) is 0. The average molecular weight is 399 g/mol. The molecule has 3 rings (SSSR count). The minimum absolute atomic E-state index is 0.0244. The molecule has 28 heavy (non-hydrogen) atoms. The molecule has 146 valence electrons. The molecule has 7 heteroatoms. The first kappa shape index (κ1) is 20.1. The zero-order chi connectivity index (χ0) is 20.3. The molecular weight excluding hydrogens is 375 g/mol. The molecule has 2 aromatic carbocycles. The van der Waals surface area contributed by atoms with E-state index >= 15 is 0 Å². The Kier molecular flexibility index (Phi) is 6.14. The van der Waals surface area contributed by atoms with Crippen molar-refractivity contribution in [2.45, 2.75) is 25.5 Å². The third-order valence-corrected chi connectivity index (χ3v) is 5.60. The molecule has 0 atom stereocenters. The number of aromatic nitrogens is 3. The summed E-state index contributed by atoms with van der Waals surface area (Å²) in [6, 6.07) is 12.4. The van der Waals surface area contributed by atoms with Crippen LogP contribution in [0.4, 0.5) is 4.39 Å². The Morgan fingerprint density at radius 3 is 2.54 bits per heavy atom. The monoisotopic (exact) mass is 398 g/mol. The zero-order valence-electron chi connectivity index (χ0n) is 16.4. The highest BCUT2D eigenvalue weighted by molar-refractivity contribution is 7.99. The standard InChI is InChI=1S/C21H23FN4OS/c1-14-5-6-17(15(2)11-14)12-25(3)19(27)13-28-21-24-23-20(26(21)4)16-7-9-18(22)10-8-16/h5-11H,12-13H2,1-4H3. The van der Waals surface area contributed by atoms with Crippen molar-refractivity contribution in [2.24, 2.45) is 7.05 Å². The van der Waals surface area contributed by atoms with Crippen molar-refractivity contribution in [1.82, 2.24) is 19.7 Å². The van der Waals surface area contributed by atoms with Gasteiger partial charge in [-0.2, -0.15) is 0 Å². The Hall–Kier alpha value is -2.67. The fourth-order valence-electron chi connectivity index (χ4n) is 2.89. The van der Waals surface area contributed by atoms with E-state index in [4.69, 9.17) is 0 Å². The summed E-state index contributed by atoms with van der Waals surface area (Å²) in [7, 11) is 3.65. The van der Waals surface area contributed by atoms with Gasteiger partial charge in [0.05, 0.1) is 5.75 Å². The number of nitrogens with zero attached hydrogens (tertiary/aromatic N) is 4. The van der Waals surface area contributed by atoms with Crippen LogP contribution < -0.4 is 0 Å². The summed E-state index contributed by atoms with van der Waals surface area (Å²) in [5.41, 5.74) is 4.32. The molecule has 0 aliphatic heterocycles. The molecule has 5 nitrogen and oxygen atoms in total. The van der Waals surface area contributed by atoms with Gasteiger partial charge in [-0.3, -0.25) is 4.79 Å². The van der Waals surface area contributed by atoms with Crippen LogP contribution in [-0.4, -0.2) is 38.4 Å². The van der Waals surface area contributed by atoms with Gasteiger partial charge in [-0.15, -0.1) is 10.2 Å². The maximum atomic E-state index is 13.1. The molecule has 0 aliphatic carbocycles. The lowest BCUT2D eigenvalue weighted by Crippen LogP contribution is -2.28. The first-order valence-corrected chi connectivity index (χ1v) is 9.92. The molecular formula is C21H23FN4OS. The van der Waals surface area contributed by atoms with E-state index in [0.29, 0.717) is 17.5 Å². The zero-order valence-corrected chi connectivity index (χ0v) is 17.3. The van der Waals surface area contributed by atoms with E-state index in [1.165, 1.54) is 35.0 Å². The molecule has 0 unspecified atom stereocenters. The number of hydrogen-bond acceptors (Lipinski definition) is 4. The predicted octanol–water partition coefficient (Wildman–Crippen LogP) is 3.99. The molecule has 0 spiro atoms. The maximum Gasteiger partial charge on any atom is 0.233 e. The molecule has 0 aliphatic rings. The largest absolute Gasteiger partial charge is 0.341 e. The quantitative estimate of drug-likeness (QED) is 0.589. The smallest absolute Gasteiger partial charge is 0.233 e. The predicted molar refractivity (Wildman–Crippen MR) is 110 cm³/mol. The van der Waals surface area contributed by atoms with Crippen LogP contribution in [0.5, 0.6) is 0 Å². The average Bonchev–Trinajstić information content (AvgIpc) is 3.03. The molecule has 0 N–H and O–H groups in total. The van der Waals surface area contributed by atoms with E-state index in [1.54, 1.807) is 17.0 Å². The number of amides is 1. The number of rotatable bonds is 6. The van der Waals surface area contributed by atoms with Gasteiger partial charge >= 0.3 is 0 Å². The van der Waals surface area contributed by atoms with Crippen LogP contribution in [0.15, 0.2) is 47.6 Å². The van der Waals surface area contributed by atoms with Crippen molar-refractivity contribution in [2.75, 3.05) is 12.8 Å². The second-order valence-electron chi connectivity index (χ2n) is 6.84. The second kappa shape index (κ2) is 8.56. The van der Waals surface area contributed by atoms with Gasteiger partial charge in [0.25, 0.3) is 0 Å². The molecule has 0 radical (unpaired) electrons. The van der Waals surface area contributed by atoms with Gasteiger partial charge in [0, 0.05) is 26.2 Å². The number of thioether (sulfide) groups is 1. The molecule has 1 heterocycles. The van der Waals surface area contributed by atoms with Crippen LogP contribution >= 0.6 is 11.8 Å². The van der Waals surface area contributed by atoms with Gasteiger partial charge in [0.2, 0.25) is 5.91 Å². The van der Waals surface area contributed by atoms with Gasteiger partial charge < -0.3 is 9.47 Å². The molecule has 0 saturated carbocycles. The molecule has 1 amide bonds. The van der Waals surface area contributed by atoms with E-state index in [9.17, 15) is 9.18 Å². The number of carbonyl (C=O) groups is 1. The van der Waals surface area contributed by atoms with Gasteiger partial charge in [-0.25, -0.2) is 4.39 Å². The maximum absolute atomic E-state index is 13.1. The van der Waals surface area contributed by atoms with Crippen molar-refractivity contribution in [1.29, 1.82) is 0 Å². The first-order valence-electron chi connectivity index (χ1n) is 8.93. The Labute approximate surface area is 168 Å². The Morgan fingerprint density at radius 1 is 1.14 bits per heavy atom. The third-order valence-electron chi connectivity index (χ3n) is 4.59. The molecule has 0 bridgehead atoms. The lowest BCUT2D eigenvalue weighted by atomic mass is 10.1. The highest BCUT2D eigenvalue weighted by Gasteiger charge is 2.15. The lowest BCUT2D eigenvalue weighted by Gasteiger charge is -2.18. The van der Waals surface area contributed by atoms with Gasteiger partial charge in [0.1, 0.15) is 5.82 Å². The summed E-state index contributed by atoms with van der Waals surface area (Å²) in [5, 5.41) is 8.98. The molecule has 1 aromatic heterocycles. The normalized spacial score (nSPS) is 10.9. The topological polar surface area (TPSA) is 51.0 Å². The summed E-state index contributed by atoms with van der Waals surface area (Å²) in [6.45, 7) is 4.69. The van der Waals surface area contributed by atoms with Crippen molar-refractivity contribution < 1.29 is 9.18 Å². The molecule has 0 fully saturated rings. The highest BCUT2D eigenvalue weighted by atomic mass is 32.2. The minimum atomic E-state index is -0.294. The van der Waals surface area contributed by atoms with Crippen molar-refractivity contribution in [3.8, 4) is 11.4 Å². The van der Waals surface area contributed by atoms with Crippen molar-refractivity contribution in [3.63, 3.8) is 0 Å². The van der Waals surface area contributed by atoms with Gasteiger partial charge in [-0.05, 0) is 49.2 Å². The van der Waals surface area contributed by atoms with Crippen LogP contribution in [0, 0.1) is 19.7 Å². The van der Waals surface area contributed by atoms with Crippen LogP contribution in [0.3, 0.4) is 0 Å². The van der Waals surface area contributed by atoms with E-state index in [2.05, 4.69) is 42.2 Å². The van der Waals surface area contributed by atoms with Crippen LogP contribution in [-0.2, 0) is 18.4 Å². The SMILES string of the molecule is Cc1ccc(CN(C)C(=O)CSc2nnc(-c3ccc(F)cc3)n2C)c(C)c1. The summed E-state index contributed by atoms with van der Waals surface area (Å²) in [5.74, 6) is 0.643. The first-order chi connectivity index (χ1) is 13.3.